The van der Waals surface area contributed by atoms with Crippen LogP contribution in [0.1, 0.15) is 33.1 Å². The number of aliphatic carboxylic acids is 1. The maximum atomic E-state index is 13.1. The number of carboxylic acids is 1. The van der Waals surface area contributed by atoms with Crippen molar-refractivity contribution < 1.29 is 32.6 Å². The van der Waals surface area contributed by atoms with Crippen molar-refractivity contribution >= 4 is 11.9 Å². The lowest BCUT2D eigenvalue weighted by Gasteiger charge is -2.39. The van der Waals surface area contributed by atoms with Gasteiger partial charge in [-0.3, -0.25) is 0 Å². The number of alkyl halides is 3. The second-order valence-corrected chi connectivity index (χ2v) is 5.19. The summed E-state index contributed by atoms with van der Waals surface area (Å²) in [5.41, 5.74) is -1.61. The van der Waals surface area contributed by atoms with Gasteiger partial charge >= 0.3 is 18.1 Å². The molecule has 114 valence electrons. The molecule has 1 fully saturated rings. The van der Waals surface area contributed by atoms with E-state index in [0.29, 0.717) is 18.6 Å². The molecule has 0 saturated heterocycles. The molecular weight excluding hydrogens is 277 g/mol. The molecule has 0 heterocycles. The lowest BCUT2D eigenvalue weighted by Crippen LogP contribution is -2.49. The standard InChI is InChI=1S/C13H17F3O4/c1-8(2)12(20-11(19)6-5-10(17)18)7-3-4-9(12)13(14,15)16/h5-6,8-9H,3-4,7H2,1-2H3,(H,17,18)/b6-5-. The van der Waals surface area contributed by atoms with E-state index in [9.17, 15) is 22.8 Å². The quantitative estimate of drug-likeness (QED) is 0.639. The van der Waals surface area contributed by atoms with Crippen LogP contribution >= 0.6 is 0 Å². The van der Waals surface area contributed by atoms with Crippen LogP contribution in [0.5, 0.6) is 0 Å². The molecule has 20 heavy (non-hydrogen) atoms. The van der Waals surface area contributed by atoms with Gasteiger partial charge in [-0.15, -0.1) is 0 Å². The smallest absolute Gasteiger partial charge is 0.395 e. The van der Waals surface area contributed by atoms with Crippen molar-refractivity contribution in [3.63, 3.8) is 0 Å². The van der Waals surface area contributed by atoms with Crippen molar-refractivity contribution in [2.24, 2.45) is 11.8 Å². The third-order valence-corrected chi connectivity index (χ3v) is 3.68. The molecule has 1 rings (SSSR count). The molecule has 7 heteroatoms. The summed E-state index contributed by atoms with van der Waals surface area (Å²) in [7, 11) is 0. The molecule has 1 aliphatic carbocycles. The molecular formula is C13H17F3O4. The van der Waals surface area contributed by atoms with E-state index in [2.05, 4.69) is 0 Å². The zero-order valence-electron chi connectivity index (χ0n) is 11.2. The third kappa shape index (κ3) is 3.52. The predicted octanol–water partition coefficient (Wildman–Crippen LogP) is 2.93. The number of carbonyl (C=O) groups is 2. The Kier molecular flexibility index (Phi) is 4.83. The van der Waals surface area contributed by atoms with Gasteiger partial charge in [-0.1, -0.05) is 13.8 Å². The lowest BCUT2D eigenvalue weighted by molar-refractivity contribution is -0.234. The van der Waals surface area contributed by atoms with Crippen LogP contribution in [0.15, 0.2) is 12.2 Å². The van der Waals surface area contributed by atoms with Crippen molar-refractivity contribution in [2.45, 2.75) is 44.9 Å². The Morgan fingerprint density at radius 2 is 1.95 bits per heavy atom. The molecule has 0 aromatic rings. The molecule has 1 N–H and O–H groups in total. The monoisotopic (exact) mass is 294 g/mol. The highest BCUT2D eigenvalue weighted by atomic mass is 19.4. The van der Waals surface area contributed by atoms with Gasteiger partial charge in [-0.05, 0) is 25.2 Å². The summed E-state index contributed by atoms with van der Waals surface area (Å²) in [6.07, 6.45) is -2.90. The summed E-state index contributed by atoms with van der Waals surface area (Å²) in [5.74, 6) is -4.65. The minimum atomic E-state index is -4.45. The molecule has 1 aliphatic rings. The van der Waals surface area contributed by atoms with Crippen LogP contribution in [-0.2, 0) is 14.3 Å². The number of carbonyl (C=O) groups excluding carboxylic acids is 1. The highest BCUT2D eigenvalue weighted by Gasteiger charge is 2.59. The number of ether oxygens (including phenoxy) is 1. The van der Waals surface area contributed by atoms with E-state index in [1.54, 1.807) is 13.8 Å². The van der Waals surface area contributed by atoms with Gasteiger partial charge in [0.25, 0.3) is 0 Å². The summed E-state index contributed by atoms with van der Waals surface area (Å²) in [6, 6.07) is 0. The van der Waals surface area contributed by atoms with Crippen molar-refractivity contribution in [2.75, 3.05) is 0 Å². The number of hydrogen-bond acceptors (Lipinski definition) is 3. The number of rotatable bonds is 4. The lowest BCUT2D eigenvalue weighted by atomic mass is 9.80. The predicted molar refractivity (Wildman–Crippen MR) is 63.8 cm³/mol. The summed E-state index contributed by atoms with van der Waals surface area (Å²) < 4.78 is 44.3. The maximum absolute atomic E-state index is 13.1. The van der Waals surface area contributed by atoms with Gasteiger partial charge in [0.2, 0.25) is 0 Å². The largest absolute Gasteiger partial charge is 0.478 e. The number of hydrogen-bond donors (Lipinski definition) is 1. The SMILES string of the molecule is CC(C)C1(OC(=O)/C=C\C(=O)O)CCCC1C(F)(F)F. The molecule has 0 spiro atoms. The minimum absolute atomic E-state index is 0.0857. The first-order chi connectivity index (χ1) is 9.09. The van der Waals surface area contributed by atoms with Crippen LogP contribution in [-0.4, -0.2) is 28.8 Å². The van der Waals surface area contributed by atoms with Crippen LogP contribution < -0.4 is 0 Å². The second kappa shape index (κ2) is 5.85. The fourth-order valence-electron chi connectivity index (χ4n) is 2.73. The minimum Gasteiger partial charge on any atom is -0.478 e. The van der Waals surface area contributed by atoms with Crippen molar-refractivity contribution in [3.05, 3.63) is 12.2 Å². The normalized spacial score (nSPS) is 27.2. The first-order valence-electron chi connectivity index (χ1n) is 6.30. The van der Waals surface area contributed by atoms with E-state index in [4.69, 9.17) is 9.84 Å². The van der Waals surface area contributed by atoms with Gasteiger partial charge in [0, 0.05) is 12.2 Å². The first kappa shape index (κ1) is 16.5. The van der Waals surface area contributed by atoms with E-state index in [-0.39, 0.29) is 12.8 Å². The third-order valence-electron chi connectivity index (χ3n) is 3.68. The van der Waals surface area contributed by atoms with Crippen LogP contribution in [0.25, 0.3) is 0 Å². The molecule has 4 nitrogen and oxygen atoms in total. The topological polar surface area (TPSA) is 63.6 Å². The fraction of sp³-hybridized carbons (Fsp3) is 0.692. The molecule has 2 atom stereocenters. The summed E-state index contributed by atoms with van der Waals surface area (Å²) in [5, 5.41) is 8.40. The maximum Gasteiger partial charge on any atom is 0.395 e. The van der Waals surface area contributed by atoms with E-state index in [1.165, 1.54) is 0 Å². The average Bonchev–Trinajstić information content (AvgIpc) is 2.71. The van der Waals surface area contributed by atoms with Crippen LogP contribution in [0, 0.1) is 11.8 Å². The van der Waals surface area contributed by atoms with Crippen molar-refractivity contribution in [1.82, 2.24) is 0 Å². The van der Waals surface area contributed by atoms with E-state index < -0.39 is 35.6 Å². The molecule has 0 aromatic heterocycles. The summed E-state index contributed by atoms with van der Waals surface area (Å²) in [4.78, 5) is 21.8. The van der Waals surface area contributed by atoms with Crippen LogP contribution in [0.4, 0.5) is 13.2 Å². The Hall–Kier alpha value is -1.53. The summed E-state index contributed by atoms with van der Waals surface area (Å²) in [6.45, 7) is 3.14. The van der Waals surface area contributed by atoms with E-state index in [0.717, 1.165) is 0 Å². The highest BCUT2D eigenvalue weighted by molar-refractivity contribution is 5.90. The molecule has 1 saturated carbocycles. The Balaban J connectivity index is 2.98. The Morgan fingerprint density at radius 1 is 1.35 bits per heavy atom. The van der Waals surface area contributed by atoms with Gasteiger partial charge in [0.15, 0.2) is 0 Å². The zero-order chi connectivity index (χ0) is 15.6. The van der Waals surface area contributed by atoms with Crippen molar-refractivity contribution in [3.8, 4) is 0 Å². The van der Waals surface area contributed by atoms with Gasteiger partial charge in [-0.25, -0.2) is 9.59 Å². The average molecular weight is 294 g/mol. The number of carboxylic acid groups (broad SMARTS) is 1. The fourth-order valence-corrected chi connectivity index (χ4v) is 2.73. The molecule has 0 bridgehead atoms. The number of esters is 1. The zero-order valence-corrected chi connectivity index (χ0v) is 11.2. The Bertz CT molecular complexity index is 414. The van der Waals surface area contributed by atoms with Crippen LogP contribution in [0.3, 0.4) is 0 Å². The molecule has 0 amide bonds. The van der Waals surface area contributed by atoms with Gasteiger partial charge in [-0.2, -0.15) is 13.2 Å². The number of halogens is 3. The van der Waals surface area contributed by atoms with Gasteiger partial charge < -0.3 is 9.84 Å². The van der Waals surface area contributed by atoms with Crippen LogP contribution in [0.2, 0.25) is 0 Å². The first-order valence-corrected chi connectivity index (χ1v) is 6.30. The van der Waals surface area contributed by atoms with E-state index >= 15 is 0 Å². The molecule has 2 unspecified atom stereocenters. The molecule has 0 aliphatic heterocycles. The Morgan fingerprint density at radius 3 is 2.40 bits per heavy atom. The van der Waals surface area contributed by atoms with Gasteiger partial charge in [0.1, 0.15) is 5.60 Å². The molecule has 0 radical (unpaired) electrons. The van der Waals surface area contributed by atoms with E-state index in [1.807, 2.05) is 0 Å². The molecule has 0 aromatic carbocycles. The Labute approximate surface area is 114 Å². The van der Waals surface area contributed by atoms with Crippen molar-refractivity contribution in [1.29, 1.82) is 0 Å². The second-order valence-electron chi connectivity index (χ2n) is 5.19. The summed E-state index contributed by atoms with van der Waals surface area (Å²) >= 11 is 0. The van der Waals surface area contributed by atoms with Gasteiger partial charge in [0.05, 0.1) is 5.92 Å². The highest BCUT2D eigenvalue weighted by Crippen LogP contribution is 2.51.